The van der Waals surface area contributed by atoms with Crippen LogP contribution in [-0.4, -0.2) is 41.9 Å². The summed E-state index contributed by atoms with van der Waals surface area (Å²) in [6.45, 7) is 4.17. The molecule has 1 aromatic heterocycles. The molecule has 0 unspecified atom stereocenters. The zero-order valence-corrected chi connectivity index (χ0v) is 15.5. The third-order valence-electron chi connectivity index (χ3n) is 3.98. The summed E-state index contributed by atoms with van der Waals surface area (Å²) in [5.41, 5.74) is 0.826. The second kappa shape index (κ2) is 8.05. The molecule has 2 heterocycles. The van der Waals surface area contributed by atoms with Gasteiger partial charge in [0.15, 0.2) is 0 Å². The van der Waals surface area contributed by atoms with Crippen molar-refractivity contribution in [2.45, 2.75) is 6.54 Å². The largest absolute Gasteiger partial charge is 0.337 e. The maximum atomic E-state index is 12.9. The minimum absolute atomic E-state index is 0.0119. The number of hydrogen-bond acceptors (Lipinski definition) is 3. The number of piperazine rings is 1. The quantitative estimate of drug-likeness (QED) is 0.713. The number of halogens is 2. The number of nitrogens with zero attached hydrogens (tertiary/aromatic N) is 2. The van der Waals surface area contributed by atoms with Crippen LogP contribution >= 0.6 is 27.3 Å². The van der Waals surface area contributed by atoms with Crippen molar-refractivity contribution < 1.29 is 9.18 Å². The fraction of sp³-hybridized carbons (Fsp3) is 0.278. The molecule has 1 amide bonds. The molecule has 0 radical (unpaired) electrons. The van der Waals surface area contributed by atoms with E-state index in [1.165, 1.54) is 17.0 Å². The van der Waals surface area contributed by atoms with Crippen molar-refractivity contribution in [3.63, 3.8) is 0 Å². The van der Waals surface area contributed by atoms with Crippen LogP contribution in [-0.2, 0) is 11.3 Å². The lowest BCUT2D eigenvalue weighted by molar-refractivity contribution is -0.127. The Hall–Kier alpha value is -1.50. The second-order valence-corrected chi connectivity index (χ2v) is 8.24. The van der Waals surface area contributed by atoms with Crippen LogP contribution in [0.5, 0.6) is 0 Å². The molecule has 6 heteroatoms. The van der Waals surface area contributed by atoms with Gasteiger partial charge < -0.3 is 4.90 Å². The number of benzene rings is 1. The van der Waals surface area contributed by atoms with Crippen LogP contribution in [0.25, 0.3) is 6.08 Å². The summed E-state index contributed by atoms with van der Waals surface area (Å²) in [4.78, 5) is 17.8. The van der Waals surface area contributed by atoms with E-state index in [0.717, 1.165) is 42.1 Å². The lowest BCUT2D eigenvalue weighted by atomic mass is 10.2. The highest BCUT2D eigenvalue weighted by Crippen LogP contribution is 2.23. The molecule has 1 aliphatic heterocycles. The number of carbonyl (C=O) groups is 1. The van der Waals surface area contributed by atoms with E-state index < -0.39 is 0 Å². The Morgan fingerprint density at radius 3 is 2.46 bits per heavy atom. The van der Waals surface area contributed by atoms with Crippen molar-refractivity contribution in [1.82, 2.24) is 9.80 Å². The van der Waals surface area contributed by atoms with Crippen molar-refractivity contribution in [3.05, 3.63) is 62.5 Å². The molecular formula is C18H18BrFN2OS. The highest BCUT2D eigenvalue weighted by Gasteiger charge is 2.19. The summed E-state index contributed by atoms with van der Waals surface area (Å²) in [6, 6.07) is 10.3. The first-order valence-electron chi connectivity index (χ1n) is 7.79. The van der Waals surface area contributed by atoms with Crippen LogP contribution in [0, 0.1) is 5.82 Å². The number of amides is 1. The fourth-order valence-corrected chi connectivity index (χ4v) is 4.16. The van der Waals surface area contributed by atoms with E-state index in [4.69, 9.17) is 0 Å². The average Bonchev–Trinajstić information content (AvgIpc) is 2.99. The average molecular weight is 409 g/mol. The minimum Gasteiger partial charge on any atom is -0.337 e. The standard InChI is InChI=1S/C18H18BrFN2OS/c19-17-7-6-16(24-17)13-21-9-11-22(12-10-21)18(23)8-3-14-1-4-15(20)5-2-14/h1-8H,9-13H2/b8-3+. The zero-order valence-electron chi connectivity index (χ0n) is 13.1. The SMILES string of the molecule is O=C(/C=C/c1ccc(F)cc1)N1CCN(Cc2ccc(Br)s2)CC1. The van der Waals surface area contributed by atoms with Gasteiger partial charge in [0.05, 0.1) is 3.79 Å². The summed E-state index contributed by atoms with van der Waals surface area (Å²) < 4.78 is 14.0. The number of hydrogen-bond donors (Lipinski definition) is 0. The van der Waals surface area contributed by atoms with Gasteiger partial charge in [-0.2, -0.15) is 0 Å². The molecule has 0 bridgehead atoms. The molecule has 0 spiro atoms. The molecular weight excluding hydrogens is 391 g/mol. The number of rotatable bonds is 4. The highest BCUT2D eigenvalue weighted by molar-refractivity contribution is 9.11. The van der Waals surface area contributed by atoms with Crippen molar-refractivity contribution >= 4 is 39.2 Å². The van der Waals surface area contributed by atoms with Gasteiger partial charge in [0.25, 0.3) is 0 Å². The molecule has 0 saturated carbocycles. The minimum atomic E-state index is -0.271. The fourth-order valence-electron chi connectivity index (χ4n) is 2.63. The van der Waals surface area contributed by atoms with Crippen molar-refractivity contribution in [2.24, 2.45) is 0 Å². The molecule has 126 valence electrons. The van der Waals surface area contributed by atoms with Gasteiger partial charge in [-0.15, -0.1) is 11.3 Å². The van der Waals surface area contributed by atoms with Gasteiger partial charge in [-0.25, -0.2) is 4.39 Å². The van der Waals surface area contributed by atoms with Gasteiger partial charge in [-0.1, -0.05) is 12.1 Å². The summed E-state index contributed by atoms with van der Waals surface area (Å²) in [6.07, 6.45) is 3.30. The third kappa shape index (κ3) is 4.75. The van der Waals surface area contributed by atoms with E-state index in [9.17, 15) is 9.18 Å². The molecule has 24 heavy (non-hydrogen) atoms. The maximum Gasteiger partial charge on any atom is 0.246 e. The topological polar surface area (TPSA) is 23.6 Å². The van der Waals surface area contributed by atoms with E-state index in [0.29, 0.717) is 0 Å². The van der Waals surface area contributed by atoms with Gasteiger partial charge in [-0.05, 0) is 51.8 Å². The van der Waals surface area contributed by atoms with Crippen LogP contribution in [0.3, 0.4) is 0 Å². The number of carbonyl (C=O) groups excluding carboxylic acids is 1. The zero-order chi connectivity index (χ0) is 16.9. The Bertz CT molecular complexity index is 721. The van der Waals surface area contributed by atoms with Gasteiger partial charge >= 0.3 is 0 Å². The Kier molecular flexibility index (Phi) is 5.81. The monoisotopic (exact) mass is 408 g/mol. The van der Waals surface area contributed by atoms with Crippen LogP contribution in [0.2, 0.25) is 0 Å². The molecule has 2 aromatic rings. The van der Waals surface area contributed by atoms with Gasteiger partial charge in [0.2, 0.25) is 5.91 Å². The molecule has 0 aliphatic carbocycles. The Morgan fingerprint density at radius 2 is 1.83 bits per heavy atom. The Balaban J connectivity index is 1.48. The Morgan fingerprint density at radius 1 is 1.12 bits per heavy atom. The van der Waals surface area contributed by atoms with Crippen molar-refractivity contribution in [2.75, 3.05) is 26.2 Å². The van der Waals surface area contributed by atoms with Crippen LogP contribution in [0.4, 0.5) is 4.39 Å². The van der Waals surface area contributed by atoms with Crippen molar-refractivity contribution in [1.29, 1.82) is 0 Å². The lowest BCUT2D eigenvalue weighted by Gasteiger charge is -2.33. The summed E-state index contributed by atoms with van der Waals surface area (Å²) in [5.74, 6) is -0.259. The third-order valence-corrected chi connectivity index (χ3v) is 5.59. The van der Waals surface area contributed by atoms with E-state index in [1.54, 1.807) is 35.6 Å². The van der Waals surface area contributed by atoms with E-state index in [2.05, 4.69) is 33.0 Å². The first-order valence-corrected chi connectivity index (χ1v) is 9.40. The predicted octanol–water partition coefficient (Wildman–Crippen LogP) is 4.01. The molecule has 3 nitrogen and oxygen atoms in total. The molecule has 1 fully saturated rings. The molecule has 1 saturated heterocycles. The number of thiophene rings is 1. The van der Waals surface area contributed by atoms with Gasteiger partial charge in [0, 0.05) is 43.7 Å². The molecule has 3 rings (SSSR count). The van der Waals surface area contributed by atoms with Gasteiger partial charge in [-0.3, -0.25) is 9.69 Å². The van der Waals surface area contributed by atoms with E-state index in [1.807, 2.05) is 4.90 Å². The lowest BCUT2D eigenvalue weighted by Crippen LogP contribution is -2.47. The smallest absolute Gasteiger partial charge is 0.246 e. The van der Waals surface area contributed by atoms with Crippen LogP contribution < -0.4 is 0 Å². The molecule has 1 aliphatic rings. The van der Waals surface area contributed by atoms with E-state index in [-0.39, 0.29) is 11.7 Å². The van der Waals surface area contributed by atoms with Crippen molar-refractivity contribution in [3.8, 4) is 0 Å². The first-order chi connectivity index (χ1) is 11.6. The summed E-state index contributed by atoms with van der Waals surface area (Å²) >= 11 is 5.24. The Labute approximate surface area is 153 Å². The molecule has 0 N–H and O–H groups in total. The second-order valence-electron chi connectivity index (χ2n) is 5.69. The van der Waals surface area contributed by atoms with Crippen LogP contribution in [0.1, 0.15) is 10.4 Å². The van der Waals surface area contributed by atoms with Gasteiger partial charge in [0.1, 0.15) is 5.82 Å². The molecule has 0 atom stereocenters. The summed E-state index contributed by atoms with van der Waals surface area (Å²) in [5, 5.41) is 0. The first kappa shape index (κ1) is 17.3. The summed E-state index contributed by atoms with van der Waals surface area (Å²) in [7, 11) is 0. The highest BCUT2D eigenvalue weighted by atomic mass is 79.9. The van der Waals surface area contributed by atoms with Crippen LogP contribution in [0.15, 0.2) is 46.3 Å². The molecule has 1 aromatic carbocycles. The maximum absolute atomic E-state index is 12.9. The normalized spacial score (nSPS) is 16.0. The van der Waals surface area contributed by atoms with E-state index >= 15 is 0 Å². The predicted molar refractivity (Wildman–Crippen MR) is 99.3 cm³/mol.